The summed E-state index contributed by atoms with van der Waals surface area (Å²) in [5, 5.41) is 14.4. The van der Waals surface area contributed by atoms with E-state index in [4.69, 9.17) is 0 Å². The van der Waals surface area contributed by atoms with Gasteiger partial charge in [0.15, 0.2) is 0 Å². The van der Waals surface area contributed by atoms with Crippen LogP contribution in [-0.2, 0) is 6.61 Å². The molecule has 0 heterocycles. The van der Waals surface area contributed by atoms with Gasteiger partial charge in [-0.05, 0) is 42.1 Å². The first-order valence-electron chi connectivity index (χ1n) is 6.70. The summed E-state index contributed by atoms with van der Waals surface area (Å²) in [6, 6.07) is 8.09. The molecule has 0 aromatic heterocycles. The Bertz CT molecular complexity index is 788. The molecule has 0 aliphatic heterocycles. The summed E-state index contributed by atoms with van der Waals surface area (Å²) in [7, 11) is 0. The summed E-state index contributed by atoms with van der Waals surface area (Å²) in [5.41, 5.74) is -3.35. The van der Waals surface area contributed by atoms with Crippen molar-refractivity contribution in [1.29, 1.82) is 0 Å². The number of amides is 2. The fourth-order valence-corrected chi connectivity index (χ4v) is 3.88. The first kappa shape index (κ1) is 20.1. The molecule has 0 unspecified atom stereocenters. The molecule has 0 aliphatic rings. The van der Waals surface area contributed by atoms with Gasteiger partial charge in [-0.25, -0.2) is 4.79 Å². The van der Waals surface area contributed by atoms with Gasteiger partial charge >= 0.3 is 11.5 Å². The van der Waals surface area contributed by atoms with Gasteiger partial charge in [0.1, 0.15) is 0 Å². The Morgan fingerprint density at radius 1 is 1.16 bits per heavy atom. The molecular weight excluding hydrogens is 489 g/mol. The maximum atomic E-state index is 12.4. The van der Waals surface area contributed by atoms with Crippen LogP contribution >= 0.6 is 43.6 Å². The van der Waals surface area contributed by atoms with Gasteiger partial charge in [-0.15, -0.1) is 0 Å². The number of thioether (sulfide) groups is 1. The largest absolute Gasteiger partial charge is 0.446 e. The molecule has 10 heteroatoms. The lowest BCUT2D eigenvalue weighted by atomic mass is 10.2. The fourth-order valence-electron chi connectivity index (χ4n) is 1.93. The van der Waals surface area contributed by atoms with Crippen LogP contribution in [-0.4, -0.2) is 16.6 Å². The minimum Gasteiger partial charge on any atom is -0.392 e. The van der Waals surface area contributed by atoms with E-state index in [9.17, 15) is 23.1 Å². The molecule has 2 aromatic rings. The van der Waals surface area contributed by atoms with Crippen molar-refractivity contribution in [2.24, 2.45) is 0 Å². The number of halogens is 5. The van der Waals surface area contributed by atoms with Crippen molar-refractivity contribution in [2.75, 3.05) is 10.6 Å². The van der Waals surface area contributed by atoms with Gasteiger partial charge in [-0.2, -0.15) is 13.2 Å². The quantitative estimate of drug-likeness (QED) is 0.455. The normalized spacial score (nSPS) is 11.3. The summed E-state index contributed by atoms with van der Waals surface area (Å²) < 4.78 is 38.5. The van der Waals surface area contributed by atoms with E-state index in [1.807, 2.05) is 0 Å². The zero-order valence-corrected chi connectivity index (χ0v) is 16.3. The van der Waals surface area contributed by atoms with Crippen molar-refractivity contribution >= 4 is 61.0 Å². The minimum absolute atomic E-state index is 0.0356. The standard InChI is InChI=1S/C15H11Br2F3N2O2S/c16-8-4-12(17)11(7-23)13(5-8)22-14(24)21-9-2-1-3-10(6-9)25-15(18,19)20/h1-6,23H,7H2,(H2,21,22,24). The number of anilines is 2. The van der Waals surface area contributed by atoms with Crippen molar-refractivity contribution in [3.8, 4) is 0 Å². The van der Waals surface area contributed by atoms with Crippen LogP contribution < -0.4 is 10.6 Å². The second-order valence-corrected chi connectivity index (χ2v) is 7.64. The van der Waals surface area contributed by atoms with Crippen molar-refractivity contribution in [1.82, 2.24) is 0 Å². The van der Waals surface area contributed by atoms with Crippen LogP contribution in [0.5, 0.6) is 0 Å². The number of alkyl halides is 3. The molecule has 0 bridgehead atoms. The van der Waals surface area contributed by atoms with Crippen LogP contribution in [0.15, 0.2) is 50.2 Å². The van der Waals surface area contributed by atoms with E-state index in [-0.39, 0.29) is 29.0 Å². The SMILES string of the molecule is O=C(Nc1cccc(SC(F)(F)F)c1)Nc1cc(Br)cc(Br)c1CO. The van der Waals surface area contributed by atoms with Crippen LogP contribution in [0.1, 0.15) is 5.56 Å². The zero-order valence-electron chi connectivity index (χ0n) is 12.3. The first-order chi connectivity index (χ1) is 11.7. The molecule has 0 aliphatic carbocycles. The summed E-state index contributed by atoms with van der Waals surface area (Å²) in [6.45, 7) is -0.304. The van der Waals surface area contributed by atoms with Gasteiger partial charge in [-0.3, -0.25) is 0 Å². The number of hydrogen-bond acceptors (Lipinski definition) is 3. The number of carbonyl (C=O) groups is 1. The van der Waals surface area contributed by atoms with E-state index >= 15 is 0 Å². The smallest absolute Gasteiger partial charge is 0.392 e. The highest BCUT2D eigenvalue weighted by atomic mass is 79.9. The molecule has 0 fully saturated rings. The predicted octanol–water partition coefficient (Wildman–Crippen LogP) is 5.96. The van der Waals surface area contributed by atoms with Gasteiger partial charge in [0.05, 0.1) is 12.3 Å². The molecule has 2 rings (SSSR count). The number of aliphatic hydroxyl groups excluding tert-OH is 1. The summed E-state index contributed by atoms with van der Waals surface area (Å²) in [5.74, 6) is 0. The van der Waals surface area contributed by atoms with E-state index in [0.717, 1.165) is 0 Å². The van der Waals surface area contributed by atoms with Crippen LogP contribution in [0.2, 0.25) is 0 Å². The van der Waals surface area contributed by atoms with Crippen molar-refractivity contribution in [3.05, 3.63) is 50.9 Å². The molecule has 4 nitrogen and oxygen atoms in total. The van der Waals surface area contributed by atoms with Crippen LogP contribution in [0.25, 0.3) is 0 Å². The first-order valence-corrected chi connectivity index (χ1v) is 9.11. The molecule has 2 aromatic carbocycles. The molecule has 0 atom stereocenters. The molecule has 2 amide bonds. The van der Waals surface area contributed by atoms with Gasteiger partial charge in [0, 0.05) is 25.1 Å². The molecule has 0 radical (unpaired) electrons. The number of urea groups is 1. The van der Waals surface area contributed by atoms with E-state index in [0.29, 0.717) is 20.2 Å². The second-order valence-electron chi connectivity index (χ2n) is 4.73. The Morgan fingerprint density at radius 2 is 1.88 bits per heavy atom. The number of rotatable bonds is 4. The van der Waals surface area contributed by atoms with Crippen molar-refractivity contribution in [3.63, 3.8) is 0 Å². The molecule has 0 spiro atoms. The maximum Gasteiger partial charge on any atom is 0.446 e. The molecule has 3 N–H and O–H groups in total. The minimum atomic E-state index is -4.40. The summed E-state index contributed by atoms with van der Waals surface area (Å²) >= 11 is 6.30. The molecule has 134 valence electrons. The maximum absolute atomic E-state index is 12.4. The highest BCUT2D eigenvalue weighted by Crippen LogP contribution is 2.37. The number of benzene rings is 2. The van der Waals surface area contributed by atoms with Gasteiger partial charge in [-0.1, -0.05) is 37.9 Å². The second kappa shape index (κ2) is 8.43. The Labute approximate surface area is 162 Å². The Hall–Kier alpha value is -1.23. The Morgan fingerprint density at radius 3 is 2.52 bits per heavy atom. The third-order valence-electron chi connectivity index (χ3n) is 2.89. The van der Waals surface area contributed by atoms with Crippen LogP contribution in [0.4, 0.5) is 29.3 Å². The van der Waals surface area contributed by atoms with E-state index in [1.54, 1.807) is 12.1 Å². The molecular formula is C15H11Br2F3N2O2S. The van der Waals surface area contributed by atoms with Crippen LogP contribution in [0.3, 0.4) is 0 Å². The van der Waals surface area contributed by atoms with Crippen molar-refractivity contribution < 1.29 is 23.1 Å². The van der Waals surface area contributed by atoms with E-state index in [2.05, 4.69) is 42.5 Å². The van der Waals surface area contributed by atoms with E-state index < -0.39 is 11.5 Å². The topological polar surface area (TPSA) is 61.4 Å². The number of nitrogens with one attached hydrogen (secondary N) is 2. The van der Waals surface area contributed by atoms with Gasteiger partial charge < -0.3 is 15.7 Å². The summed E-state index contributed by atoms with van der Waals surface area (Å²) in [6.07, 6.45) is 0. The number of carbonyl (C=O) groups excluding carboxylic acids is 1. The van der Waals surface area contributed by atoms with Gasteiger partial charge in [0.2, 0.25) is 0 Å². The molecule has 0 saturated heterocycles. The summed E-state index contributed by atoms with van der Waals surface area (Å²) in [4.78, 5) is 12.1. The number of hydrogen-bond donors (Lipinski definition) is 3. The Kier molecular flexibility index (Phi) is 6.78. The Balaban J connectivity index is 2.12. The lowest BCUT2D eigenvalue weighted by molar-refractivity contribution is -0.0328. The molecule has 0 saturated carbocycles. The monoisotopic (exact) mass is 498 g/mol. The van der Waals surface area contributed by atoms with Gasteiger partial charge in [0.25, 0.3) is 0 Å². The fraction of sp³-hybridized carbons (Fsp3) is 0.133. The molecule has 25 heavy (non-hydrogen) atoms. The van der Waals surface area contributed by atoms with Crippen molar-refractivity contribution in [2.45, 2.75) is 17.0 Å². The average molecular weight is 500 g/mol. The lowest BCUT2D eigenvalue weighted by Gasteiger charge is -2.13. The highest BCUT2D eigenvalue weighted by Gasteiger charge is 2.29. The predicted molar refractivity (Wildman–Crippen MR) is 98.8 cm³/mol. The number of aliphatic hydroxyl groups is 1. The van der Waals surface area contributed by atoms with E-state index in [1.165, 1.54) is 24.3 Å². The van der Waals surface area contributed by atoms with Crippen LogP contribution in [0, 0.1) is 0 Å². The zero-order chi connectivity index (χ0) is 18.6. The average Bonchev–Trinajstić information content (AvgIpc) is 2.45. The highest BCUT2D eigenvalue weighted by molar-refractivity contribution is 9.11. The third-order valence-corrected chi connectivity index (χ3v) is 4.78. The third kappa shape index (κ3) is 6.21. The lowest BCUT2D eigenvalue weighted by Crippen LogP contribution is -2.20.